The molecule has 0 radical (unpaired) electrons. The Morgan fingerprint density at radius 3 is 2.68 bits per heavy atom. The van der Waals surface area contributed by atoms with Gasteiger partial charge in [-0.25, -0.2) is 4.98 Å². The number of nitrogens with one attached hydrogen (secondary N) is 1. The van der Waals surface area contributed by atoms with E-state index in [1.54, 1.807) is 5.38 Å². The van der Waals surface area contributed by atoms with Crippen LogP contribution in [0.4, 0.5) is 5.13 Å². The lowest BCUT2D eigenvalue weighted by Gasteiger charge is -2.29. The molecule has 22 heavy (non-hydrogen) atoms. The third kappa shape index (κ3) is 4.53. The van der Waals surface area contributed by atoms with Crippen LogP contribution in [0.25, 0.3) is 0 Å². The van der Waals surface area contributed by atoms with Crippen LogP contribution in [0.1, 0.15) is 63.4 Å². The number of hydrogen-bond acceptors (Lipinski definition) is 4. The predicted octanol–water partition coefficient (Wildman–Crippen LogP) is 3.53. The number of anilines is 1. The van der Waals surface area contributed by atoms with Gasteiger partial charge in [-0.2, -0.15) is 0 Å². The first-order valence-electron chi connectivity index (χ1n) is 8.01. The Balaban J connectivity index is 2.09. The summed E-state index contributed by atoms with van der Waals surface area (Å²) in [4.78, 5) is 30.1. The number of nitrogens with zero attached hydrogens (tertiary/aromatic N) is 2. The van der Waals surface area contributed by atoms with Crippen molar-refractivity contribution in [3.8, 4) is 0 Å². The minimum atomic E-state index is -0.166. The molecule has 0 atom stereocenters. The second kappa shape index (κ2) is 7.72. The normalized spacial score (nSPS) is 15.3. The molecular weight excluding hydrogens is 298 g/mol. The van der Waals surface area contributed by atoms with Crippen molar-refractivity contribution in [1.29, 1.82) is 0 Å². The molecule has 122 valence electrons. The first-order chi connectivity index (χ1) is 10.5. The van der Waals surface area contributed by atoms with Gasteiger partial charge in [0.25, 0.3) is 5.91 Å². The summed E-state index contributed by atoms with van der Waals surface area (Å²) < 4.78 is 0. The van der Waals surface area contributed by atoms with E-state index in [2.05, 4.69) is 24.1 Å². The zero-order valence-corrected chi connectivity index (χ0v) is 14.4. The number of carbonyl (C=O) groups is 2. The summed E-state index contributed by atoms with van der Waals surface area (Å²) in [6, 6.07) is 0.345. The molecule has 2 amide bonds. The van der Waals surface area contributed by atoms with E-state index < -0.39 is 0 Å². The average Bonchev–Trinajstić information content (AvgIpc) is 3.09. The minimum absolute atomic E-state index is 0.000372. The molecule has 0 aliphatic heterocycles. The molecule has 2 rings (SSSR count). The summed E-state index contributed by atoms with van der Waals surface area (Å²) in [5.74, 6) is 0.406. The molecule has 1 aromatic heterocycles. The second-order valence-electron chi connectivity index (χ2n) is 6.34. The Kier molecular flexibility index (Phi) is 5.94. The molecule has 0 spiro atoms. The molecule has 1 fully saturated rings. The summed E-state index contributed by atoms with van der Waals surface area (Å²) in [7, 11) is 0. The molecule has 0 unspecified atom stereocenters. The van der Waals surface area contributed by atoms with Gasteiger partial charge in [-0.1, -0.05) is 26.7 Å². The van der Waals surface area contributed by atoms with E-state index in [-0.39, 0.29) is 11.8 Å². The second-order valence-corrected chi connectivity index (χ2v) is 7.20. The maximum atomic E-state index is 12.8. The number of amides is 2. The number of carbonyl (C=O) groups excluding carboxylic acids is 2. The topological polar surface area (TPSA) is 62.3 Å². The molecular formula is C16H25N3O2S. The first-order valence-corrected chi connectivity index (χ1v) is 8.89. The van der Waals surface area contributed by atoms with Crippen LogP contribution in [0.15, 0.2) is 5.38 Å². The van der Waals surface area contributed by atoms with Gasteiger partial charge in [0, 0.05) is 24.9 Å². The van der Waals surface area contributed by atoms with Gasteiger partial charge < -0.3 is 10.2 Å². The number of aromatic nitrogens is 1. The van der Waals surface area contributed by atoms with Crippen LogP contribution in [0, 0.1) is 5.92 Å². The Bertz CT molecular complexity index is 521. The van der Waals surface area contributed by atoms with Crippen LogP contribution in [-0.4, -0.2) is 34.3 Å². The van der Waals surface area contributed by atoms with Gasteiger partial charge >= 0.3 is 0 Å². The average molecular weight is 323 g/mol. The number of hydrogen-bond donors (Lipinski definition) is 1. The van der Waals surface area contributed by atoms with Crippen molar-refractivity contribution < 1.29 is 9.59 Å². The van der Waals surface area contributed by atoms with Gasteiger partial charge in [0.2, 0.25) is 5.91 Å². The fraction of sp³-hybridized carbons (Fsp3) is 0.688. The standard InChI is InChI=1S/C16H25N3O2S/c1-11(2)8-9-19(13-6-4-5-7-13)15(21)14-10-22-16(18-14)17-12(3)20/h10-11,13H,4-9H2,1-3H3,(H,17,18,20). The summed E-state index contributed by atoms with van der Waals surface area (Å²) in [5.41, 5.74) is 0.449. The monoisotopic (exact) mass is 323 g/mol. The smallest absolute Gasteiger partial charge is 0.273 e. The van der Waals surface area contributed by atoms with Gasteiger partial charge in [0.05, 0.1) is 0 Å². The highest BCUT2D eigenvalue weighted by Crippen LogP contribution is 2.26. The molecule has 1 aliphatic carbocycles. The van der Waals surface area contributed by atoms with E-state index in [0.717, 1.165) is 25.8 Å². The van der Waals surface area contributed by atoms with Crippen molar-refractivity contribution in [2.45, 2.75) is 58.9 Å². The van der Waals surface area contributed by atoms with E-state index in [0.29, 0.717) is 22.8 Å². The lowest BCUT2D eigenvalue weighted by Crippen LogP contribution is -2.40. The van der Waals surface area contributed by atoms with Gasteiger partial charge in [-0.15, -0.1) is 11.3 Å². The third-order valence-corrected chi connectivity index (χ3v) is 4.74. The maximum absolute atomic E-state index is 12.8. The predicted molar refractivity (Wildman–Crippen MR) is 89.2 cm³/mol. The molecule has 1 N–H and O–H groups in total. The molecule has 0 aromatic carbocycles. The van der Waals surface area contributed by atoms with E-state index in [9.17, 15) is 9.59 Å². The van der Waals surface area contributed by atoms with Crippen LogP contribution >= 0.6 is 11.3 Å². The van der Waals surface area contributed by atoms with Crippen LogP contribution < -0.4 is 5.32 Å². The Morgan fingerprint density at radius 1 is 1.41 bits per heavy atom. The third-order valence-electron chi connectivity index (χ3n) is 3.98. The van der Waals surface area contributed by atoms with Crippen molar-refractivity contribution in [2.75, 3.05) is 11.9 Å². The van der Waals surface area contributed by atoms with Crippen LogP contribution in [0.5, 0.6) is 0 Å². The van der Waals surface area contributed by atoms with Crippen LogP contribution in [-0.2, 0) is 4.79 Å². The van der Waals surface area contributed by atoms with Crippen LogP contribution in [0.3, 0.4) is 0 Å². The number of thiazole rings is 1. The quantitative estimate of drug-likeness (QED) is 0.871. The fourth-order valence-corrected chi connectivity index (χ4v) is 3.52. The van der Waals surface area contributed by atoms with Gasteiger partial charge in [0.1, 0.15) is 5.69 Å². The largest absolute Gasteiger partial charge is 0.334 e. The Labute approximate surface area is 136 Å². The first kappa shape index (κ1) is 16.9. The highest BCUT2D eigenvalue weighted by molar-refractivity contribution is 7.14. The maximum Gasteiger partial charge on any atom is 0.273 e. The molecule has 1 aromatic rings. The fourth-order valence-electron chi connectivity index (χ4n) is 2.79. The van der Waals surface area contributed by atoms with E-state index in [4.69, 9.17) is 0 Å². The lowest BCUT2D eigenvalue weighted by atomic mass is 10.1. The molecule has 1 heterocycles. The van der Waals surface area contributed by atoms with Crippen molar-refractivity contribution >= 4 is 28.3 Å². The summed E-state index contributed by atoms with van der Waals surface area (Å²) in [6.07, 6.45) is 5.58. The zero-order chi connectivity index (χ0) is 16.1. The van der Waals surface area contributed by atoms with E-state index in [1.165, 1.54) is 31.1 Å². The van der Waals surface area contributed by atoms with Gasteiger partial charge in [-0.05, 0) is 25.2 Å². The van der Waals surface area contributed by atoms with Crippen molar-refractivity contribution in [1.82, 2.24) is 9.88 Å². The molecule has 0 saturated heterocycles. The lowest BCUT2D eigenvalue weighted by molar-refractivity contribution is -0.114. The van der Waals surface area contributed by atoms with Crippen molar-refractivity contribution in [3.63, 3.8) is 0 Å². The molecule has 0 bridgehead atoms. The summed E-state index contributed by atoms with van der Waals surface area (Å²) in [6.45, 7) is 6.58. The van der Waals surface area contributed by atoms with E-state index in [1.807, 2.05) is 4.90 Å². The summed E-state index contributed by atoms with van der Waals surface area (Å²) in [5, 5.41) is 4.87. The molecule has 1 saturated carbocycles. The van der Waals surface area contributed by atoms with Crippen LogP contribution in [0.2, 0.25) is 0 Å². The van der Waals surface area contributed by atoms with Gasteiger partial charge in [-0.3, -0.25) is 9.59 Å². The highest BCUT2D eigenvalue weighted by atomic mass is 32.1. The van der Waals surface area contributed by atoms with Crippen molar-refractivity contribution in [3.05, 3.63) is 11.1 Å². The zero-order valence-electron chi connectivity index (χ0n) is 13.6. The van der Waals surface area contributed by atoms with Gasteiger partial charge in [0.15, 0.2) is 5.13 Å². The number of rotatable bonds is 6. The van der Waals surface area contributed by atoms with Crippen molar-refractivity contribution in [2.24, 2.45) is 5.92 Å². The molecule has 1 aliphatic rings. The highest BCUT2D eigenvalue weighted by Gasteiger charge is 2.28. The minimum Gasteiger partial charge on any atom is -0.334 e. The summed E-state index contributed by atoms with van der Waals surface area (Å²) >= 11 is 1.30. The molecule has 6 heteroatoms. The SMILES string of the molecule is CC(=O)Nc1nc(C(=O)N(CCC(C)C)C2CCCC2)cs1. The Morgan fingerprint density at radius 2 is 2.09 bits per heavy atom. The Hall–Kier alpha value is -1.43. The molecule has 5 nitrogen and oxygen atoms in total. The van der Waals surface area contributed by atoms with E-state index >= 15 is 0 Å².